The van der Waals surface area contributed by atoms with Gasteiger partial charge in [0.1, 0.15) is 0 Å². The van der Waals surface area contributed by atoms with Crippen molar-refractivity contribution in [1.29, 1.82) is 0 Å². The standard InChI is InChI=1S/C13H26O2.C10H20O2/c1-3-4-5-6-7-8-9-10-11-12-13(14)15-2;1-2-3-4-5-6-7-8-9-10(11)12/h3-12H2,1-2H3;2-9H2,1H3,(H,11,12). The number of aliphatic carboxylic acids is 1. The predicted octanol–water partition coefficient (Wildman–Crippen LogP) is 7.29. The van der Waals surface area contributed by atoms with Crippen LogP contribution in [-0.4, -0.2) is 24.2 Å². The minimum atomic E-state index is -0.663. The van der Waals surface area contributed by atoms with Crippen LogP contribution >= 0.6 is 0 Å². The third kappa shape index (κ3) is 29.9. The summed E-state index contributed by atoms with van der Waals surface area (Å²) in [4.78, 5) is 20.9. The molecule has 0 radical (unpaired) electrons. The lowest BCUT2D eigenvalue weighted by Crippen LogP contribution is -1.99. The normalized spacial score (nSPS) is 10.2. The fourth-order valence-corrected chi connectivity index (χ4v) is 2.92. The van der Waals surface area contributed by atoms with Gasteiger partial charge >= 0.3 is 11.9 Å². The zero-order chi connectivity index (χ0) is 20.6. The molecule has 0 atom stereocenters. The molecule has 0 aliphatic heterocycles. The summed E-state index contributed by atoms with van der Waals surface area (Å²) in [5, 5.41) is 8.35. The maximum atomic E-state index is 10.8. The number of ether oxygens (including phenoxy) is 1. The van der Waals surface area contributed by atoms with Gasteiger partial charge in [-0.2, -0.15) is 0 Å². The van der Waals surface area contributed by atoms with Crippen LogP contribution in [0.3, 0.4) is 0 Å². The smallest absolute Gasteiger partial charge is 0.305 e. The van der Waals surface area contributed by atoms with Crippen molar-refractivity contribution in [2.45, 2.75) is 129 Å². The van der Waals surface area contributed by atoms with E-state index in [0.29, 0.717) is 12.8 Å². The van der Waals surface area contributed by atoms with Gasteiger partial charge in [0.15, 0.2) is 0 Å². The second kappa shape index (κ2) is 24.9. The van der Waals surface area contributed by atoms with Crippen LogP contribution in [0, 0.1) is 0 Å². The molecule has 0 aromatic heterocycles. The van der Waals surface area contributed by atoms with E-state index in [1.165, 1.54) is 90.6 Å². The first-order chi connectivity index (χ1) is 13.1. The molecule has 0 heterocycles. The van der Waals surface area contributed by atoms with E-state index in [-0.39, 0.29) is 5.97 Å². The number of esters is 1. The molecular formula is C23H46O4. The molecule has 162 valence electrons. The lowest BCUT2D eigenvalue weighted by molar-refractivity contribution is -0.141. The van der Waals surface area contributed by atoms with Gasteiger partial charge in [-0.05, 0) is 12.8 Å². The number of rotatable bonds is 18. The molecule has 0 spiro atoms. The fourth-order valence-electron chi connectivity index (χ4n) is 2.92. The number of hydrogen-bond acceptors (Lipinski definition) is 3. The summed E-state index contributed by atoms with van der Waals surface area (Å²) < 4.78 is 4.58. The SMILES string of the molecule is CCCCCCCCCC(=O)O.CCCCCCCCCCCC(=O)OC. The summed E-state index contributed by atoms with van der Waals surface area (Å²) in [5.41, 5.74) is 0. The zero-order valence-corrected chi connectivity index (χ0v) is 18.4. The van der Waals surface area contributed by atoms with Crippen molar-refractivity contribution in [2.75, 3.05) is 7.11 Å². The summed E-state index contributed by atoms with van der Waals surface area (Å²) in [6.45, 7) is 4.44. The van der Waals surface area contributed by atoms with Crippen molar-refractivity contribution in [3.8, 4) is 0 Å². The Balaban J connectivity index is 0. The van der Waals surface area contributed by atoms with Gasteiger partial charge in [0.05, 0.1) is 7.11 Å². The van der Waals surface area contributed by atoms with Crippen molar-refractivity contribution >= 4 is 11.9 Å². The molecule has 27 heavy (non-hydrogen) atoms. The van der Waals surface area contributed by atoms with Crippen LogP contribution < -0.4 is 0 Å². The van der Waals surface area contributed by atoms with Gasteiger partial charge in [0, 0.05) is 12.8 Å². The highest BCUT2D eigenvalue weighted by Gasteiger charge is 1.99. The summed E-state index contributed by atoms with van der Waals surface area (Å²) in [5.74, 6) is -0.735. The van der Waals surface area contributed by atoms with E-state index in [1.54, 1.807) is 0 Å². The number of carbonyl (C=O) groups is 2. The Morgan fingerprint density at radius 1 is 0.593 bits per heavy atom. The van der Waals surface area contributed by atoms with E-state index in [4.69, 9.17) is 5.11 Å². The fraction of sp³-hybridized carbons (Fsp3) is 0.913. The molecule has 0 aliphatic rings. The number of hydrogen-bond donors (Lipinski definition) is 1. The third-order valence-corrected chi connectivity index (χ3v) is 4.71. The van der Waals surface area contributed by atoms with Crippen LogP contribution in [0.1, 0.15) is 129 Å². The van der Waals surface area contributed by atoms with E-state index in [2.05, 4.69) is 18.6 Å². The summed E-state index contributed by atoms with van der Waals surface area (Å²) >= 11 is 0. The second-order valence-corrected chi connectivity index (χ2v) is 7.42. The highest BCUT2D eigenvalue weighted by atomic mass is 16.5. The predicted molar refractivity (Wildman–Crippen MR) is 114 cm³/mol. The Morgan fingerprint density at radius 2 is 0.926 bits per heavy atom. The van der Waals surface area contributed by atoms with Crippen LogP contribution in [-0.2, 0) is 14.3 Å². The maximum Gasteiger partial charge on any atom is 0.305 e. The van der Waals surface area contributed by atoms with Gasteiger partial charge in [0.25, 0.3) is 0 Å². The van der Waals surface area contributed by atoms with Gasteiger partial charge in [-0.3, -0.25) is 9.59 Å². The zero-order valence-electron chi connectivity index (χ0n) is 18.4. The highest BCUT2D eigenvalue weighted by Crippen LogP contribution is 2.10. The average Bonchev–Trinajstić information content (AvgIpc) is 2.66. The number of methoxy groups -OCH3 is 1. The van der Waals surface area contributed by atoms with E-state index in [0.717, 1.165) is 19.3 Å². The third-order valence-electron chi connectivity index (χ3n) is 4.71. The minimum Gasteiger partial charge on any atom is -0.481 e. The molecule has 0 aliphatic carbocycles. The van der Waals surface area contributed by atoms with Crippen LogP contribution in [0.25, 0.3) is 0 Å². The van der Waals surface area contributed by atoms with Gasteiger partial charge < -0.3 is 9.84 Å². The molecule has 0 amide bonds. The van der Waals surface area contributed by atoms with Gasteiger partial charge in [-0.15, -0.1) is 0 Å². The molecule has 0 fully saturated rings. The van der Waals surface area contributed by atoms with Crippen molar-refractivity contribution < 1.29 is 19.4 Å². The Labute approximate surface area is 168 Å². The summed E-state index contributed by atoms with van der Waals surface area (Å²) in [7, 11) is 1.45. The second-order valence-electron chi connectivity index (χ2n) is 7.42. The molecule has 0 aromatic rings. The molecule has 0 rings (SSSR count). The molecule has 0 saturated carbocycles. The molecule has 4 heteroatoms. The topological polar surface area (TPSA) is 63.6 Å². The Morgan fingerprint density at radius 3 is 1.26 bits per heavy atom. The number of carbonyl (C=O) groups excluding carboxylic acids is 1. The first kappa shape index (κ1) is 28.2. The Kier molecular flexibility index (Phi) is 26.0. The molecule has 0 saturated heterocycles. The largest absolute Gasteiger partial charge is 0.481 e. The molecular weight excluding hydrogens is 340 g/mol. The van der Waals surface area contributed by atoms with Crippen LogP contribution in [0.15, 0.2) is 0 Å². The van der Waals surface area contributed by atoms with Crippen molar-refractivity contribution in [2.24, 2.45) is 0 Å². The van der Waals surface area contributed by atoms with E-state index < -0.39 is 5.97 Å². The first-order valence-electron chi connectivity index (χ1n) is 11.4. The van der Waals surface area contributed by atoms with Crippen LogP contribution in [0.4, 0.5) is 0 Å². The average molecular weight is 387 g/mol. The van der Waals surface area contributed by atoms with E-state index in [9.17, 15) is 9.59 Å². The maximum absolute atomic E-state index is 10.8. The van der Waals surface area contributed by atoms with Crippen molar-refractivity contribution in [1.82, 2.24) is 0 Å². The van der Waals surface area contributed by atoms with Crippen molar-refractivity contribution in [3.63, 3.8) is 0 Å². The Hall–Kier alpha value is -1.06. The monoisotopic (exact) mass is 386 g/mol. The van der Waals surface area contributed by atoms with Crippen LogP contribution in [0.5, 0.6) is 0 Å². The molecule has 0 bridgehead atoms. The molecule has 0 unspecified atom stereocenters. The number of carboxylic acids is 1. The number of carboxylic acid groups (broad SMARTS) is 1. The quantitative estimate of drug-likeness (QED) is 0.198. The number of unbranched alkanes of at least 4 members (excludes halogenated alkanes) is 14. The van der Waals surface area contributed by atoms with Crippen LogP contribution in [0.2, 0.25) is 0 Å². The molecule has 4 nitrogen and oxygen atoms in total. The highest BCUT2D eigenvalue weighted by molar-refractivity contribution is 5.69. The summed E-state index contributed by atoms with van der Waals surface area (Å²) in [6, 6.07) is 0. The van der Waals surface area contributed by atoms with E-state index in [1.807, 2.05) is 0 Å². The lowest BCUT2D eigenvalue weighted by Gasteiger charge is -2.01. The first-order valence-corrected chi connectivity index (χ1v) is 11.4. The van der Waals surface area contributed by atoms with E-state index >= 15 is 0 Å². The summed E-state index contributed by atoms with van der Waals surface area (Å²) in [6.07, 6.45) is 20.8. The molecule has 0 aromatic carbocycles. The lowest BCUT2D eigenvalue weighted by atomic mass is 10.1. The van der Waals surface area contributed by atoms with Gasteiger partial charge in [0.2, 0.25) is 0 Å². The Bertz CT molecular complexity index is 316. The van der Waals surface area contributed by atoms with Gasteiger partial charge in [-0.1, -0.05) is 104 Å². The van der Waals surface area contributed by atoms with Crippen molar-refractivity contribution in [3.05, 3.63) is 0 Å². The molecule has 1 N–H and O–H groups in total. The minimum absolute atomic E-state index is 0.0713. The van der Waals surface area contributed by atoms with Gasteiger partial charge in [-0.25, -0.2) is 0 Å².